The van der Waals surface area contributed by atoms with E-state index in [-0.39, 0.29) is 17.8 Å². The van der Waals surface area contributed by atoms with Gasteiger partial charge in [-0.2, -0.15) is 0 Å². The Morgan fingerprint density at radius 1 is 1.18 bits per heavy atom. The molecular weight excluding hydrogens is 571 g/mol. The minimum absolute atomic E-state index is 0.0196. The average molecular weight is 625 g/mol. The third-order valence-electron chi connectivity index (χ3n) is 10.2. The van der Waals surface area contributed by atoms with Crippen molar-refractivity contribution in [2.45, 2.75) is 97.2 Å². The maximum atomic E-state index is 15.3. The number of ether oxygens (including phenoxy) is 2. The first-order chi connectivity index (χ1) is 21.6. The number of aryl methyl sites for hydroxylation is 2. The molecule has 2 fully saturated rings. The molecular formula is C36H53FN4O4. The van der Waals surface area contributed by atoms with Gasteiger partial charge in [0, 0.05) is 37.5 Å². The van der Waals surface area contributed by atoms with E-state index in [1.165, 1.54) is 25.2 Å². The van der Waals surface area contributed by atoms with Crippen LogP contribution in [0.3, 0.4) is 0 Å². The van der Waals surface area contributed by atoms with E-state index < -0.39 is 17.8 Å². The summed E-state index contributed by atoms with van der Waals surface area (Å²) >= 11 is 0. The lowest BCUT2D eigenvalue weighted by molar-refractivity contribution is -0.143. The molecule has 1 aromatic heterocycles. The van der Waals surface area contributed by atoms with Crippen molar-refractivity contribution in [3.8, 4) is 5.75 Å². The van der Waals surface area contributed by atoms with Crippen molar-refractivity contribution in [2.24, 2.45) is 11.3 Å². The summed E-state index contributed by atoms with van der Waals surface area (Å²) in [5, 5.41) is 13.8. The SMILES string of the molecule is COc1c(F)cc(CN2CCC(C)(C)CC2)cc1C(C(=O)O)N1CCC(C(C)OCCCCCc2ccc3c(n2)NCCC3)C1. The fourth-order valence-electron chi connectivity index (χ4n) is 7.17. The molecule has 0 saturated carbocycles. The van der Waals surface area contributed by atoms with E-state index in [1.54, 1.807) is 0 Å². The second-order valence-corrected chi connectivity index (χ2v) is 14.2. The number of rotatable bonds is 14. The number of aromatic nitrogens is 1. The molecule has 5 rings (SSSR count). The average Bonchev–Trinajstić information content (AvgIpc) is 3.49. The molecule has 248 valence electrons. The molecule has 3 aliphatic heterocycles. The molecule has 0 aliphatic carbocycles. The first-order valence-corrected chi connectivity index (χ1v) is 17.0. The minimum Gasteiger partial charge on any atom is -0.493 e. The molecule has 9 heteroatoms. The summed E-state index contributed by atoms with van der Waals surface area (Å²) in [6.07, 6.45) is 9.45. The Balaban J connectivity index is 1.12. The van der Waals surface area contributed by atoms with E-state index >= 15 is 4.39 Å². The summed E-state index contributed by atoms with van der Waals surface area (Å²) < 4.78 is 27.0. The second kappa shape index (κ2) is 15.2. The van der Waals surface area contributed by atoms with E-state index in [1.807, 2.05) is 11.0 Å². The van der Waals surface area contributed by atoms with Gasteiger partial charge in [-0.05, 0) is 119 Å². The van der Waals surface area contributed by atoms with Crippen LogP contribution in [0, 0.1) is 17.2 Å². The van der Waals surface area contributed by atoms with Crippen molar-refractivity contribution in [1.82, 2.24) is 14.8 Å². The Hall–Kier alpha value is -2.75. The normalized spacial score (nSPS) is 21.6. The summed E-state index contributed by atoms with van der Waals surface area (Å²) in [6.45, 7) is 12.1. The lowest BCUT2D eigenvalue weighted by Gasteiger charge is -2.37. The maximum Gasteiger partial charge on any atom is 0.325 e. The van der Waals surface area contributed by atoms with Crippen LogP contribution in [-0.2, 0) is 28.9 Å². The van der Waals surface area contributed by atoms with Crippen LogP contribution in [-0.4, -0.2) is 78.4 Å². The van der Waals surface area contributed by atoms with Crippen LogP contribution < -0.4 is 10.1 Å². The van der Waals surface area contributed by atoms with Gasteiger partial charge in [0.1, 0.15) is 11.9 Å². The molecule has 3 atom stereocenters. The van der Waals surface area contributed by atoms with E-state index in [9.17, 15) is 9.90 Å². The number of carboxylic acid groups (broad SMARTS) is 1. The molecule has 2 aromatic rings. The Morgan fingerprint density at radius 3 is 2.73 bits per heavy atom. The molecule has 0 radical (unpaired) electrons. The molecule has 2 N–H and O–H groups in total. The van der Waals surface area contributed by atoms with Crippen molar-refractivity contribution in [3.63, 3.8) is 0 Å². The molecule has 1 aromatic carbocycles. The Labute approximate surface area is 268 Å². The minimum atomic E-state index is -0.983. The standard InChI is InChI=1S/C36H53FN4O4/c1-25(45-20-7-5-6-10-29-12-11-27-9-8-16-38-34(27)39-29)28-13-17-41(24-28)32(35(42)43)30-21-26(22-31(37)33(30)44-4)23-40-18-14-36(2,3)15-19-40/h11-12,21-22,25,28,32H,5-10,13-20,23-24H2,1-4H3,(H,38,39)(H,42,43). The number of fused-ring (bicyclic) bond motifs is 1. The molecule has 8 nitrogen and oxygen atoms in total. The number of hydrogen-bond donors (Lipinski definition) is 2. The summed E-state index contributed by atoms with van der Waals surface area (Å²) in [5.74, 6) is -0.178. The molecule has 0 spiro atoms. The predicted octanol–water partition coefficient (Wildman–Crippen LogP) is 6.48. The number of piperidine rings is 1. The van der Waals surface area contributed by atoms with Crippen LogP contribution >= 0.6 is 0 Å². The Bertz CT molecular complexity index is 1290. The van der Waals surface area contributed by atoms with Crippen LogP contribution in [0.2, 0.25) is 0 Å². The van der Waals surface area contributed by atoms with Gasteiger partial charge in [0.05, 0.1) is 13.2 Å². The number of nitrogens with zero attached hydrogens (tertiary/aromatic N) is 3. The van der Waals surface area contributed by atoms with Crippen molar-refractivity contribution < 1.29 is 23.8 Å². The largest absolute Gasteiger partial charge is 0.493 e. The van der Waals surface area contributed by atoms with E-state index in [0.29, 0.717) is 37.2 Å². The van der Waals surface area contributed by atoms with Gasteiger partial charge >= 0.3 is 5.97 Å². The monoisotopic (exact) mass is 624 g/mol. The maximum absolute atomic E-state index is 15.3. The summed E-state index contributed by atoms with van der Waals surface area (Å²) in [7, 11) is 1.41. The highest BCUT2D eigenvalue weighted by Crippen LogP contribution is 2.38. The number of benzene rings is 1. The van der Waals surface area contributed by atoms with Crippen molar-refractivity contribution in [2.75, 3.05) is 51.8 Å². The molecule has 4 heterocycles. The first kappa shape index (κ1) is 33.6. The quantitative estimate of drug-likeness (QED) is 0.231. The van der Waals surface area contributed by atoms with Gasteiger partial charge in [-0.3, -0.25) is 14.6 Å². The fraction of sp³-hybridized carbons (Fsp3) is 0.667. The summed E-state index contributed by atoms with van der Waals surface area (Å²) in [6, 6.07) is 6.76. The van der Waals surface area contributed by atoms with Gasteiger partial charge in [0.25, 0.3) is 0 Å². The highest BCUT2D eigenvalue weighted by Gasteiger charge is 2.38. The van der Waals surface area contributed by atoms with Crippen LogP contribution in [0.5, 0.6) is 5.75 Å². The van der Waals surface area contributed by atoms with Crippen molar-refractivity contribution in [1.29, 1.82) is 0 Å². The number of anilines is 1. The number of unbranched alkanes of at least 4 members (excludes halogenated alkanes) is 2. The molecule has 0 amide bonds. The van der Waals surface area contributed by atoms with E-state index in [2.05, 4.69) is 43.1 Å². The van der Waals surface area contributed by atoms with Gasteiger partial charge in [-0.15, -0.1) is 0 Å². The van der Waals surface area contributed by atoms with Crippen molar-refractivity contribution >= 4 is 11.8 Å². The zero-order valence-corrected chi connectivity index (χ0v) is 27.7. The van der Waals surface area contributed by atoms with Crippen molar-refractivity contribution in [3.05, 3.63) is 52.5 Å². The number of halogens is 1. The number of pyridine rings is 1. The predicted molar refractivity (Wildman–Crippen MR) is 175 cm³/mol. The van der Waals surface area contributed by atoms with E-state index in [4.69, 9.17) is 14.5 Å². The zero-order valence-electron chi connectivity index (χ0n) is 27.7. The third-order valence-corrected chi connectivity index (χ3v) is 10.2. The summed E-state index contributed by atoms with van der Waals surface area (Å²) in [5.41, 5.74) is 3.99. The summed E-state index contributed by atoms with van der Waals surface area (Å²) in [4.78, 5) is 21.8. The lowest BCUT2D eigenvalue weighted by Crippen LogP contribution is -2.37. The third kappa shape index (κ3) is 8.74. The first-order valence-electron chi connectivity index (χ1n) is 17.0. The molecule has 45 heavy (non-hydrogen) atoms. The van der Waals surface area contributed by atoms with Crippen LogP contribution in [0.1, 0.15) is 94.1 Å². The number of methoxy groups -OCH3 is 1. The fourth-order valence-corrected chi connectivity index (χ4v) is 7.17. The van der Waals surface area contributed by atoms with Gasteiger partial charge in [0.15, 0.2) is 11.6 Å². The number of nitrogens with one attached hydrogen (secondary N) is 1. The highest BCUT2D eigenvalue weighted by atomic mass is 19.1. The highest BCUT2D eigenvalue weighted by molar-refractivity contribution is 5.77. The Kier molecular flexibility index (Phi) is 11.4. The van der Waals surface area contributed by atoms with Gasteiger partial charge in [-0.25, -0.2) is 9.37 Å². The lowest BCUT2D eigenvalue weighted by atomic mass is 9.82. The van der Waals surface area contributed by atoms with Gasteiger partial charge in [0.2, 0.25) is 0 Å². The Morgan fingerprint density at radius 2 is 1.98 bits per heavy atom. The molecule has 0 bridgehead atoms. The topological polar surface area (TPSA) is 87.2 Å². The zero-order chi connectivity index (χ0) is 32.0. The van der Waals surface area contributed by atoms with Crippen LogP contribution in [0.4, 0.5) is 10.2 Å². The van der Waals surface area contributed by atoms with Gasteiger partial charge in [-0.1, -0.05) is 26.3 Å². The number of aliphatic carboxylic acids is 1. The number of carboxylic acids is 1. The molecule has 3 unspecified atom stereocenters. The smallest absolute Gasteiger partial charge is 0.325 e. The van der Waals surface area contributed by atoms with Crippen LogP contribution in [0.15, 0.2) is 24.3 Å². The number of hydrogen-bond acceptors (Lipinski definition) is 7. The van der Waals surface area contributed by atoms with Gasteiger partial charge < -0.3 is 19.9 Å². The van der Waals surface area contributed by atoms with E-state index in [0.717, 1.165) is 88.1 Å². The molecule has 2 saturated heterocycles. The second-order valence-electron chi connectivity index (χ2n) is 14.2. The molecule has 3 aliphatic rings. The van der Waals surface area contributed by atoms with Crippen LogP contribution in [0.25, 0.3) is 0 Å². The number of carbonyl (C=O) groups is 1. The number of likely N-dealkylation sites (tertiary alicyclic amines) is 2.